The fourth-order valence-electron chi connectivity index (χ4n) is 1.02. The zero-order valence-electron chi connectivity index (χ0n) is 7.84. The van der Waals surface area contributed by atoms with E-state index in [0.717, 1.165) is 12.1 Å². The zero-order chi connectivity index (χ0) is 12.5. The van der Waals surface area contributed by atoms with Crippen LogP contribution in [0.3, 0.4) is 0 Å². The van der Waals surface area contributed by atoms with Crippen LogP contribution in [0.2, 0.25) is 0 Å². The van der Waals surface area contributed by atoms with Gasteiger partial charge in [0.25, 0.3) is 5.69 Å². The fraction of sp³-hybridized carbons (Fsp3) is 0.250. The minimum absolute atomic E-state index is 0.0345. The van der Waals surface area contributed by atoms with Crippen molar-refractivity contribution in [3.8, 4) is 5.75 Å². The largest absolute Gasteiger partial charge is 0.573 e. The Bertz CT molecular complexity index is 433. The Labute approximate surface area is 96.3 Å². The number of ether oxygens (including phenoxy) is 1. The van der Waals surface area contributed by atoms with E-state index in [4.69, 9.17) is 0 Å². The molecule has 0 fully saturated rings. The van der Waals surface area contributed by atoms with Gasteiger partial charge in [0, 0.05) is 12.1 Å². The van der Waals surface area contributed by atoms with Gasteiger partial charge < -0.3 is 4.74 Å². The molecular weight excluding hydrogens is 295 g/mol. The average molecular weight is 300 g/mol. The van der Waals surface area contributed by atoms with Crippen LogP contribution in [0, 0.1) is 17.0 Å². The molecule has 0 aliphatic heterocycles. The molecule has 8 heteroatoms. The van der Waals surface area contributed by atoms with E-state index in [2.05, 4.69) is 20.7 Å². The molecule has 0 bridgehead atoms. The maximum absolute atomic E-state index is 11.9. The number of hydrogen-bond donors (Lipinski definition) is 0. The number of hydrogen-bond acceptors (Lipinski definition) is 3. The molecular formula is C8H5BrF3NO3. The average Bonchev–Trinajstić information content (AvgIpc) is 2.07. The van der Waals surface area contributed by atoms with Crippen LogP contribution in [-0.4, -0.2) is 11.3 Å². The van der Waals surface area contributed by atoms with Gasteiger partial charge in [0.05, 0.1) is 9.40 Å². The summed E-state index contributed by atoms with van der Waals surface area (Å²) < 4.78 is 39.5. The number of nitro benzene ring substituents is 1. The second-order valence-corrected chi connectivity index (χ2v) is 3.73. The Kier molecular flexibility index (Phi) is 3.41. The third-order valence-corrected chi connectivity index (χ3v) is 2.30. The predicted molar refractivity (Wildman–Crippen MR) is 52.2 cm³/mol. The predicted octanol–water partition coefficient (Wildman–Crippen LogP) is 3.56. The minimum Gasteiger partial charge on any atom is -0.405 e. The van der Waals surface area contributed by atoms with E-state index < -0.39 is 17.0 Å². The van der Waals surface area contributed by atoms with Crippen LogP contribution in [0.4, 0.5) is 18.9 Å². The normalized spacial score (nSPS) is 11.3. The number of rotatable bonds is 2. The summed E-state index contributed by atoms with van der Waals surface area (Å²) in [4.78, 5) is 9.78. The molecule has 0 N–H and O–H groups in total. The SMILES string of the molecule is Cc1cc([N+](=O)[O-])c(Br)cc1OC(F)(F)F. The summed E-state index contributed by atoms with van der Waals surface area (Å²) in [5.41, 5.74) is -0.278. The Morgan fingerprint density at radius 1 is 1.44 bits per heavy atom. The molecule has 1 aromatic rings. The van der Waals surface area contributed by atoms with Crippen molar-refractivity contribution < 1.29 is 22.8 Å². The van der Waals surface area contributed by atoms with E-state index in [1.165, 1.54) is 6.92 Å². The van der Waals surface area contributed by atoms with Gasteiger partial charge >= 0.3 is 6.36 Å². The van der Waals surface area contributed by atoms with Crippen molar-refractivity contribution in [1.82, 2.24) is 0 Å². The molecule has 0 atom stereocenters. The molecule has 0 heterocycles. The van der Waals surface area contributed by atoms with E-state index in [1.807, 2.05) is 0 Å². The van der Waals surface area contributed by atoms with E-state index in [9.17, 15) is 23.3 Å². The molecule has 0 aromatic heterocycles. The number of aryl methyl sites for hydroxylation is 1. The van der Waals surface area contributed by atoms with Crippen LogP contribution in [0.15, 0.2) is 16.6 Å². The molecule has 16 heavy (non-hydrogen) atoms. The highest BCUT2D eigenvalue weighted by molar-refractivity contribution is 9.10. The Morgan fingerprint density at radius 3 is 2.44 bits per heavy atom. The van der Waals surface area contributed by atoms with E-state index in [-0.39, 0.29) is 15.7 Å². The van der Waals surface area contributed by atoms with Gasteiger partial charge in [0.2, 0.25) is 0 Å². The van der Waals surface area contributed by atoms with E-state index in [1.54, 1.807) is 0 Å². The number of nitro groups is 1. The zero-order valence-corrected chi connectivity index (χ0v) is 9.42. The third kappa shape index (κ3) is 3.09. The van der Waals surface area contributed by atoms with Gasteiger partial charge in [0.1, 0.15) is 5.75 Å². The quantitative estimate of drug-likeness (QED) is 0.620. The Morgan fingerprint density at radius 2 is 2.00 bits per heavy atom. The maximum atomic E-state index is 11.9. The van der Waals surface area contributed by atoms with Crippen molar-refractivity contribution in [2.45, 2.75) is 13.3 Å². The molecule has 88 valence electrons. The first-order valence-corrected chi connectivity index (χ1v) is 4.70. The van der Waals surface area contributed by atoms with E-state index >= 15 is 0 Å². The van der Waals surface area contributed by atoms with Crippen LogP contribution in [0.1, 0.15) is 5.56 Å². The summed E-state index contributed by atoms with van der Waals surface area (Å²) in [7, 11) is 0. The lowest BCUT2D eigenvalue weighted by atomic mass is 10.2. The highest BCUT2D eigenvalue weighted by Gasteiger charge is 2.32. The lowest BCUT2D eigenvalue weighted by Gasteiger charge is -2.11. The fourth-order valence-corrected chi connectivity index (χ4v) is 1.49. The van der Waals surface area contributed by atoms with Crippen LogP contribution < -0.4 is 4.74 Å². The van der Waals surface area contributed by atoms with Gasteiger partial charge in [-0.2, -0.15) is 0 Å². The molecule has 0 spiro atoms. The summed E-state index contributed by atoms with van der Waals surface area (Å²) in [5.74, 6) is -0.468. The third-order valence-electron chi connectivity index (χ3n) is 1.67. The molecule has 0 radical (unpaired) electrons. The molecule has 0 aliphatic carbocycles. The van der Waals surface area contributed by atoms with Crippen LogP contribution >= 0.6 is 15.9 Å². The number of halogens is 4. The smallest absolute Gasteiger partial charge is 0.405 e. The first-order chi connectivity index (χ1) is 7.20. The highest BCUT2D eigenvalue weighted by Crippen LogP contribution is 2.34. The minimum atomic E-state index is -4.82. The molecule has 0 aliphatic rings. The van der Waals surface area contributed by atoms with Gasteiger partial charge in [-0.25, -0.2) is 0 Å². The number of benzene rings is 1. The molecule has 0 unspecified atom stereocenters. The van der Waals surface area contributed by atoms with Gasteiger partial charge in [-0.3, -0.25) is 10.1 Å². The molecule has 1 aromatic carbocycles. The first-order valence-electron chi connectivity index (χ1n) is 3.91. The summed E-state index contributed by atoms with van der Waals surface area (Å²) in [6.45, 7) is 1.29. The summed E-state index contributed by atoms with van der Waals surface area (Å²) in [6, 6.07) is 1.92. The molecule has 0 saturated carbocycles. The van der Waals surface area contributed by atoms with Gasteiger partial charge in [-0.1, -0.05) is 0 Å². The van der Waals surface area contributed by atoms with Crippen molar-refractivity contribution in [2.24, 2.45) is 0 Å². The monoisotopic (exact) mass is 299 g/mol. The maximum Gasteiger partial charge on any atom is 0.573 e. The van der Waals surface area contributed by atoms with Crippen molar-refractivity contribution in [1.29, 1.82) is 0 Å². The van der Waals surface area contributed by atoms with Crippen LogP contribution in [-0.2, 0) is 0 Å². The van der Waals surface area contributed by atoms with Crippen molar-refractivity contribution in [3.63, 3.8) is 0 Å². The molecule has 1 rings (SSSR count). The second-order valence-electron chi connectivity index (χ2n) is 2.87. The first kappa shape index (κ1) is 12.8. The number of alkyl halides is 3. The summed E-state index contributed by atoms with van der Waals surface area (Å²) in [5, 5.41) is 10.5. The van der Waals surface area contributed by atoms with Gasteiger partial charge in [-0.15, -0.1) is 13.2 Å². The van der Waals surface area contributed by atoms with Crippen LogP contribution in [0.25, 0.3) is 0 Å². The lowest BCUT2D eigenvalue weighted by Crippen LogP contribution is -2.17. The molecule has 0 amide bonds. The van der Waals surface area contributed by atoms with Crippen molar-refractivity contribution in [2.75, 3.05) is 0 Å². The lowest BCUT2D eigenvalue weighted by molar-refractivity contribution is -0.385. The second kappa shape index (κ2) is 4.28. The highest BCUT2D eigenvalue weighted by atomic mass is 79.9. The summed E-state index contributed by atoms with van der Waals surface area (Å²) in [6.07, 6.45) is -4.82. The standard InChI is InChI=1S/C8H5BrF3NO3/c1-4-2-6(13(14)15)5(9)3-7(4)16-8(10,11)12/h2-3H,1H3. The van der Waals surface area contributed by atoms with Crippen molar-refractivity contribution >= 4 is 21.6 Å². The Balaban J connectivity index is 3.16. The van der Waals surface area contributed by atoms with Gasteiger partial charge in [-0.05, 0) is 28.4 Å². The van der Waals surface area contributed by atoms with E-state index in [0.29, 0.717) is 0 Å². The topological polar surface area (TPSA) is 52.4 Å². The Hall–Kier alpha value is -1.31. The van der Waals surface area contributed by atoms with Crippen molar-refractivity contribution in [3.05, 3.63) is 32.3 Å². The van der Waals surface area contributed by atoms with Crippen LogP contribution in [0.5, 0.6) is 5.75 Å². The number of nitrogens with zero attached hydrogens (tertiary/aromatic N) is 1. The summed E-state index contributed by atoms with van der Waals surface area (Å²) >= 11 is 2.80. The van der Waals surface area contributed by atoms with Gasteiger partial charge in [0.15, 0.2) is 0 Å². The molecule has 4 nitrogen and oxygen atoms in total. The molecule has 0 saturated heterocycles.